The molecule has 2 unspecified atom stereocenters. The van der Waals surface area contributed by atoms with E-state index in [-0.39, 0.29) is 38.4 Å². The number of nitrogens with one attached hydrogen (secondary N) is 3. The molecule has 0 aliphatic carbocycles. The van der Waals surface area contributed by atoms with Gasteiger partial charge in [-0.15, -0.1) is 0 Å². The van der Waals surface area contributed by atoms with Gasteiger partial charge in [0.1, 0.15) is 42.1 Å². The van der Waals surface area contributed by atoms with E-state index in [9.17, 15) is 27.6 Å². The van der Waals surface area contributed by atoms with Gasteiger partial charge in [0, 0.05) is 36.8 Å². The molecule has 4 aromatic rings. The van der Waals surface area contributed by atoms with Gasteiger partial charge in [0.2, 0.25) is 6.54 Å². The number of aromatic nitrogens is 2. The van der Waals surface area contributed by atoms with E-state index >= 15 is 0 Å². The number of halogens is 3. The van der Waals surface area contributed by atoms with Crippen LogP contribution < -0.4 is 31.4 Å². The van der Waals surface area contributed by atoms with Crippen LogP contribution in [0.2, 0.25) is 0 Å². The summed E-state index contributed by atoms with van der Waals surface area (Å²) in [5, 5.41) is 3.12. The molecule has 1 aliphatic heterocycles. The largest absolute Gasteiger partial charge is 0.497 e. The maximum absolute atomic E-state index is 13.6. The van der Waals surface area contributed by atoms with E-state index in [1.54, 1.807) is 14.2 Å². The molecule has 67 heavy (non-hydrogen) atoms. The van der Waals surface area contributed by atoms with Gasteiger partial charge >= 0.3 is 18.0 Å². The number of carbonyl (C=O) groups excluding carboxylic acids is 1. The summed E-state index contributed by atoms with van der Waals surface area (Å²) >= 11 is 0. The second-order valence-corrected chi connectivity index (χ2v) is 17.6. The van der Waals surface area contributed by atoms with Gasteiger partial charge in [0.25, 0.3) is 14.1 Å². The number of aromatic amines is 1. The van der Waals surface area contributed by atoms with Crippen LogP contribution in [0.4, 0.5) is 18.0 Å². The Morgan fingerprint density at radius 2 is 1.52 bits per heavy atom. The first-order chi connectivity index (χ1) is 32.1. The number of unbranched alkanes of at least 4 members (excludes halogenated alkanes) is 2. The van der Waals surface area contributed by atoms with Crippen molar-refractivity contribution < 1.29 is 46.0 Å². The zero-order valence-corrected chi connectivity index (χ0v) is 39.4. The summed E-state index contributed by atoms with van der Waals surface area (Å²) in [5.41, 5.74) is -0.163. The number of rotatable bonds is 24. The number of alkyl halides is 3. The van der Waals surface area contributed by atoms with Crippen molar-refractivity contribution >= 4 is 14.6 Å². The van der Waals surface area contributed by atoms with E-state index in [1.807, 2.05) is 119 Å². The predicted molar refractivity (Wildman–Crippen MR) is 249 cm³/mol. The summed E-state index contributed by atoms with van der Waals surface area (Å²) in [4.78, 5) is 43.4. The summed E-state index contributed by atoms with van der Waals surface area (Å²) in [6, 6.07) is 24.8. The Kier molecular flexibility index (Phi) is 19.6. The van der Waals surface area contributed by atoms with Crippen LogP contribution in [0.3, 0.4) is 0 Å². The van der Waals surface area contributed by atoms with Gasteiger partial charge in [0.15, 0.2) is 0 Å². The van der Waals surface area contributed by atoms with Crippen LogP contribution in [-0.2, 0) is 24.1 Å². The number of hydrogen-bond donors (Lipinski definition) is 3. The van der Waals surface area contributed by atoms with Gasteiger partial charge in [-0.2, -0.15) is 13.2 Å². The first kappa shape index (κ1) is 52.4. The quantitative estimate of drug-likeness (QED) is 0.0155. The maximum atomic E-state index is 13.6. The fourth-order valence-electron chi connectivity index (χ4n) is 8.03. The van der Waals surface area contributed by atoms with E-state index in [1.165, 1.54) is 16.8 Å². The molecule has 1 aliphatic rings. The Labute approximate surface area is 390 Å². The topological polar surface area (TPSA) is 159 Å². The molecule has 1 saturated heterocycles. The standard InChI is InChI=1S/C48H60F3N6O9P/c1-33(2)57(34(3)4)67(64-31-29-52-5)66-43-40(18-14-9-8-10-15-28-53-45(59)55-48(49,50)51)44(56-30-27-42(58)54-46(56)60)65-41(43)32-63-47(35-16-12-11-13-17-35,36-19-23-38(61-6)24-20-36)37-21-25-39(62-7)26-22-37/h9,11-14,16-17,19-27,30,33-34,40-41,43-44H,8,10,15,18,28-29,31-32H2,1-4,6-7H3,(H2,53,55,59)(H,54,58,60)/b14-9+/t40-,41+,43?,44+,67?/m0/s1. The summed E-state index contributed by atoms with van der Waals surface area (Å²) < 4.78 is 80.0. The molecular formula is C48H60F3N6O9P. The second-order valence-electron chi connectivity index (χ2n) is 16.2. The minimum Gasteiger partial charge on any atom is -0.497 e. The smallest absolute Gasteiger partial charge is 0.485 e. The third kappa shape index (κ3) is 14.2. The first-order valence-electron chi connectivity index (χ1n) is 22.1. The zero-order valence-electron chi connectivity index (χ0n) is 38.5. The van der Waals surface area contributed by atoms with Crippen LogP contribution >= 0.6 is 8.53 Å². The van der Waals surface area contributed by atoms with Crippen molar-refractivity contribution in [2.24, 2.45) is 5.92 Å². The van der Waals surface area contributed by atoms with Gasteiger partial charge in [0.05, 0.1) is 20.8 Å². The molecule has 0 spiro atoms. The Morgan fingerprint density at radius 1 is 0.910 bits per heavy atom. The lowest BCUT2D eigenvalue weighted by atomic mass is 9.80. The molecule has 3 aromatic carbocycles. The highest BCUT2D eigenvalue weighted by molar-refractivity contribution is 7.44. The third-order valence-electron chi connectivity index (χ3n) is 11.0. The van der Waals surface area contributed by atoms with Gasteiger partial charge in [-0.3, -0.25) is 14.3 Å². The number of amides is 2. The van der Waals surface area contributed by atoms with Gasteiger partial charge < -0.3 is 38.2 Å². The lowest BCUT2D eigenvalue weighted by Gasteiger charge is -2.39. The molecule has 15 nitrogen and oxygen atoms in total. The Bertz CT molecular complexity index is 2290. The molecular weight excluding hydrogens is 893 g/mol. The molecule has 2 heterocycles. The molecule has 1 fully saturated rings. The van der Waals surface area contributed by atoms with E-state index in [0.717, 1.165) is 22.0 Å². The fraction of sp³-hybridized carbons (Fsp3) is 0.458. The number of hydrogen-bond acceptors (Lipinski definition) is 10. The molecule has 2 amide bonds. The Hall–Kier alpha value is -5.54. The van der Waals surface area contributed by atoms with E-state index in [4.69, 9.17) is 34.6 Å². The molecule has 5 rings (SSSR count). The number of nitrogens with zero attached hydrogens (tertiary/aromatic N) is 3. The molecule has 362 valence electrons. The first-order valence-corrected chi connectivity index (χ1v) is 23.2. The molecule has 19 heteroatoms. The monoisotopic (exact) mass is 952 g/mol. The Balaban J connectivity index is 1.59. The van der Waals surface area contributed by atoms with E-state index in [2.05, 4.69) is 19.8 Å². The number of carbonyl (C=O) groups is 1. The van der Waals surface area contributed by atoms with Crippen LogP contribution in [0.25, 0.3) is 4.85 Å². The molecule has 1 aromatic heterocycles. The van der Waals surface area contributed by atoms with Crippen LogP contribution in [0.1, 0.15) is 76.3 Å². The van der Waals surface area contributed by atoms with Gasteiger partial charge in [-0.1, -0.05) is 66.7 Å². The lowest BCUT2D eigenvalue weighted by molar-refractivity contribution is -0.145. The van der Waals surface area contributed by atoms with Crippen LogP contribution in [0.15, 0.2) is 113 Å². The molecule has 0 radical (unpaired) electrons. The molecule has 3 N–H and O–H groups in total. The van der Waals surface area contributed by atoms with Crippen molar-refractivity contribution in [3.63, 3.8) is 0 Å². The number of ether oxygens (including phenoxy) is 4. The summed E-state index contributed by atoms with van der Waals surface area (Å²) in [5.74, 6) is 0.703. The number of methoxy groups -OCH3 is 2. The SMILES string of the molecule is [C-]#[N+]CCOP(OC1[C@@H](COC(c2ccccc2)(c2ccc(OC)cc2)c2ccc(OC)cc2)O[C@@H](n2ccc(=O)[nH]c2=O)[C@H]1C/C=C/CCCCNC(=O)NC(F)(F)F)N(C(C)C)C(C)C. The minimum absolute atomic E-state index is 0.0395. The summed E-state index contributed by atoms with van der Waals surface area (Å²) in [6.45, 7) is 15.7. The van der Waals surface area contributed by atoms with Crippen LogP contribution in [0, 0.1) is 12.5 Å². The fourth-order valence-corrected chi connectivity index (χ4v) is 9.83. The lowest BCUT2D eigenvalue weighted by Crippen LogP contribution is -2.44. The highest BCUT2D eigenvalue weighted by atomic mass is 31.2. The maximum Gasteiger partial charge on any atom is 0.485 e. The molecule has 0 saturated carbocycles. The van der Waals surface area contributed by atoms with E-state index < -0.39 is 62.1 Å². The number of benzene rings is 3. The normalized spacial score (nSPS) is 18.1. The number of H-pyrrole nitrogens is 1. The highest BCUT2D eigenvalue weighted by Gasteiger charge is 2.50. The van der Waals surface area contributed by atoms with Crippen molar-refractivity contribution in [2.45, 2.75) is 95.8 Å². The zero-order chi connectivity index (χ0) is 48.6. The second kappa shape index (κ2) is 25.0. The number of urea groups is 1. The minimum atomic E-state index is -4.83. The predicted octanol–water partition coefficient (Wildman–Crippen LogP) is 8.68. The summed E-state index contributed by atoms with van der Waals surface area (Å²) in [6.07, 6.45) is -0.459. The average Bonchev–Trinajstić information content (AvgIpc) is 3.62. The number of allylic oxidation sites excluding steroid dienone is 2. The van der Waals surface area contributed by atoms with Gasteiger partial charge in [-0.25, -0.2) is 26.1 Å². The van der Waals surface area contributed by atoms with Crippen molar-refractivity contribution in [1.82, 2.24) is 24.9 Å². The van der Waals surface area contributed by atoms with Crippen molar-refractivity contribution in [3.05, 3.63) is 152 Å². The third-order valence-corrected chi connectivity index (χ3v) is 13.1. The highest BCUT2D eigenvalue weighted by Crippen LogP contribution is 2.52. The van der Waals surface area contributed by atoms with Crippen molar-refractivity contribution in [2.75, 3.05) is 40.5 Å². The van der Waals surface area contributed by atoms with Crippen molar-refractivity contribution in [3.8, 4) is 11.5 Å². The van der Waals surface area contributed by atoms with Crippen LogP contribution in [-0.4, -0.2) is 91.4 Å². The Morgan fingerprint density at radius 3 is 2.07 bits per heavy atom. The molecule has 5 atom stereocenters. The molecule has 0 bridgehead atoms. The van der Waals surface area contributed by atoms with Crippen molar-refractivity contribution in [1.29, 1.82) is 0 Å². The van der Waals surface area contributed by atoms with Crippen LogP contribution in [0.5, 0.6) is 11.5 Å². The summed E-state index contributed by atoms with van der Waals surface area (Å²) in [7, 11) is 1.33. The van der Waals surface area contributed by atoms with E-state index in [0.29, 0.717) is 37.2 Å². The average molecular weight is 953 g/mol. The van der Waals surface area contributed by atoms with Gasteiger partial charge in [-0.05, 0) is 94.3 Å².